The summed E-state index contributed by atoms with van der Waals surface area (Å²) in [6.07, 6.45) is 0.884. The summed E-state index contributed by atoms with van der Waals surface area (Å²) >= 11 is 0. The van der Waals surface area contributed by atoms with Gasteiger partial charge < -0.3 is 9.64 Å². The van der Waals surface area contributed by atoms with Crippen molar-refractivity contribution in [3.05, 3.63) is 59.7 Å². The van der Waals surface area contributed by atoms with Crippen molar-refractivity contribution in [1.82, 2.24) is 9.21 Å². The fourth-order valence-electron chi connectivity index (χ4n) is 3.14. The molecule has 2 aromatic rings. The molecular formula is C21H24N2O5S. The molecular weight excluding hydrogens is 392 g/mol. The average molecular weight is 416 g/mol. The quantitative estimate of drug-likeness (QED) is 0.552. The van der Waals surface area contributed by atoms with Crippen LogP contribution in [0.15, 0.2) is 53.4 Å². The number of ether oxygens (including phenoxy) is 1. The van der Waals surface area contributed by atoms with Gasteiger partial charge in [-0.1, -0.05) is 25.1 Å². The van der Waals surface area contributed by atoms with Crippen LogP contribution in [-0.2, 0) is 21.2 Å². The number of sulfonamides is 1. The number of amides is 1. The largest absolute Gasteiger partial charge is 0.423 e. The van der Waals surface area contributed by atoms with Gasteiger partial charge in [-0.25, -0.2) is 13.2 Å². The van der Waals surface area contributed by atoms with Crippen LogP contribution < -0.4 is 4.74 Å². The van der Waals surface area contributed by atoms with Gasteiger partial charge in [0.2, 0.25) is 15.9 Å². The highest BCUT2D eigenvalue weighted by atomic mass is 32.2. The highest BCUT2D eigenvalue weighted by Crippen LogP contribution is 2.20. The third kappa shape index (κ3) is 4.83. The van der Waals surface area contributed by atoms with E-state index >= 15 is 0 Å². The first-order valence-corrected chi connectivity index (χ1v) is 10.9. The monoisotopic (exact) mass is 416 g/mol. The Bertz CT molecular complexity index is 994. The Morgan fingerprint density at radius 3 is 2.24 bits per heavy atom. The standard InChI is InChI=1S/C21H24N2O5S/c1-3-17-7-9-19(10-8-17)28-21(25)18-5-4-6-20(15-18)29(26,27)23-13-11-22(12-14-23)16(2)24/h4-10,15H,3,11-14H2,1-2H3. The highest BCUT2D eigenvalue weighted by molar-refractivity contribution is 7.89. The number of esters is 1. The van der Waals surface area contributed by atoms with Gasteiger partial charge in [-0.05, 0) is 42.3 Å². The summed E-state index contributed by atoms with van der Waals surface area (Å²) < 4.78 is 32.6. The van der Waals surface area contributed by atoms with Crippen molar-refractivity contribution in [2.75, 3.05) is 26.2 Å². The first kappa shape index (κ1) is 21.0. The molecule has 8 heteroatoms. The fraction of sp³-hybridized carbons (Fsp3) is 0.333. The lowest BCUT2D eigenvalue weighted by Crippen LogP contribution is -2.49. The number of hydrogen-bond donors (Lipinski definition) is 0. The van der Waals surface area contributed by atoms with Gasteiger partial charge in [-0.3, -0.25) is 4.79 Å². The number of hydrogen-bond acceptors (Lipinski definition) is 5. The Labute approximate surface area is 170 Å². The summed E-state index contributed by atoms with van der Waals surface area (Å²) in [5.41, 5.74) is 1.29. The maximum atomic E-state index is 12.9. The third-order valence-electron chi connectivity index (χ3n) is 4.93. The van der Waals surface area contributed by atoms with Crippen LogP contribution in [-0.4, -0.2) is 55.7 Å². The van der Waals surface area contributed by atoms with E-state index in [9.17, 15) is 18.0 Å². The number of piperazine rings is 1. The van der Waals surface area contributed by atoms with Crippen LogP contribution in [0, 0.1) is 0 Å². The third-order valence-corrected chi connectivity index (χ3v) is 6.83. The molecule has 1 amide bonds. The van der Waals surface area contributed by atoms with Gasteiger partial charge in [0.15, 0.2) is 0 Å². The Hall–Kier alpha value is -2.71. The van der Waals surface area contributed by atoms with E-state index in [1.165, 1.54) is 35.5 Å². The van der Waals surface area contributed by atoms with Gasteiger partial charge >= 0.3 is 5.97 Å². The Morgan fingerprint density at radius 2 is 1.66 bits per heavy atom. The van der Waals surface area contributed by atoms with Crippen LogP contribution in [0.4, 0.5) is 0 Å². The molecule has 0 aromatic heterocycles. The minimum atomic E-state index is -3.76. The molecule has 0 unspecified atom stereocenters. The van der Waals surface area contributed by atoms with E-state index in [0.717, 1.165) is 12.0 Å². The molecule has 0 atom stereocenters. The zero-order chi connectivity index (χ0) is 21.0. The SMILES string of the molecule is CCc1ccc(OC(=O)c2cccc(S(=O)(=O)N3CCN(C(C)=O)CC3)c2)cc1. The molecule has 2 aromatic carbocycles. The highest BCUT2D eigenvalue weighted by Gasteiger charge is 2.29. The van der Waals surface area contributed by atoms with Crippen molar-refractivity contribution in [3.63, 3.8) is 0 Å². The first-order valence-electron chi connectivity index (χ1n) is 9.48. The minimum Gasteiger partial charge on any atom is -0.423 e. The number of nitrogens with zero attached hydrogens (tertiary/aromatic N) is 2. The maximum absolute atomic E-state index is 12.9. The Balaban J connectivity index is 1.74. The lowest BCUT2D eigenvalue weighted by molar-refractivity contribution is -0.129. The predicted molar refractivity (Wildman–Crippen MR) is 108 cm³/mol. The van der Waals surface area contributed by atoms with Crippen molar-refractivity contribution < 1.29 is 22.7 Å². The van der Waals surface area contributed by atoms with Gasteiger partial charge in [0.25, 0.3) is 0 Å². The van der Waals surface area contributed by atoms with Gasteiger partial charge in [-0.15, -0.1) is 0 Å². The molecule has 3 rings (SSSR count). The summed E-state index contributed by atoms with van der Waals surface area (Å²) in [6, 6.07) is 13.0. The molecule has 0 radical (unpaired) electrons. The summed E-state index contributed by atoms with van der Waals surface area (Å²) in [5, 5.41) is 0. The molecule has 29 heavy (non-hydrogen) atoms. The topological polar surface area (TPSA) is 84.0 Å². The Kier molecular flexibility index (Phi) is 6.34. The minimum absolute atomic E-state index is 0.0320. The summed E-state index contributed by atoms with van der Waals surface area (Å²) in [6.45, 7) is 4.65. The van der Waals surface area contributed by atoms with Crippen molar-refractivity contribution in [1.29, 1.82) is 0 Å². The second-order valence-electron chi connectivity index (χ2n) is 6.83. The molecule has 0 N–H and O–H groups in total. The Morgan fingerprint density at radius 1 is 1.00 bits per heavy atom. The summed E-state index contributed by atoms with van der Waals surface area (Å²) in [7, 11) is -3.76. The van der Waals surface area contributed by atoms with E-state index in [2.05, 4.69) is 0 Å². The smallest absolute Gasteiger partial charge is 0.343 e. The van der Waals surface area contributed by atoms with Gasteiger partial charge in [-0.2, -0.15) is 4.31 Å². The van der Waals surface area contributed by atoms with E-state index in [0.29, 0.717) is 18.8 Å². The normalized spacial score (nSPS) is 15.2. The molecule has 1 saturated heterocycles. The lowest BCUT2D eigenvalue weighted by atomic mass is 10.2. The van der Waals surface area contributed by atoms with Crippen LogP contribution in [0.5, 0.6) is 5.75 Å². The zero-order valence-electron chi connectivity index (χ0n) is 16.5. The second kappa shape index (κ2) is 8.75. The number of benzene rings is 2. The molecule has 1 heterocycles. The van der Waals surface area contributed by atoms with Crippen molar-refractivity contribution in [3.8, 4) is 5.75 Å². The number of carbonyl (C=O) groups excluding carboxylic acids is 2. The zero-order valence-corrected chi connectivity index (χ0v) is 17.3. The average Bonchev–Trinajstić information content (AvgIpc) is 2.74. The molecule has 1 aliphatic rings. The van der Waals surface area contributed by atoms with E-state index in [1.54, 1.807) is 17.0 Å². The van der Waals surface area contributed by atoms with Gasteiger partial charge in [0, 0.05) is 33.1 Å². The number of carbonyl (C=O) groups is 2. The molecule has 0 saturated carbocycles. The van der Waals surface area contributed by atoms with Gasteiger partial charge in [0.05, 0.1) is 10.5 Å². The molecule has 0 spiro atoms. The van der Waals surface area contributed by atoms with Crippen LogP contribution in [0.2, 0.25) is 0 Å². The maximum Gasteiger partial charge on any atom is 0.343 e. The van der Waals surface area contributed by atoms with Gasteiger partial charge in [0.1, 0.15) is 5.75 Å². The van der Waals surface area contributed by atoms with Crippen molar-refractivity contribution in [2.24, 2.45) is 0 Å². The van der Waals surface area contributed by atoms with Crippen molar-refractivity contribution in [2.45, 2.75) is 25.2 Å². The van der Waals surface area contributed by atoms with Crippen LogP contribution in [0.3, 0.4) is 0 Å². The van der Waals surface area contributed by atoms with E-state index < -0.39 is 16.0 Å². The first-order chi connectivity index (χ1) is 13.8. The summed E-state index contributed by atoms with van der Waals surface area (Å²) in [5.74, 6) is -0.285. The summed E-state index contributed by atoms with van der Waals surface area (Å²) in [4.78, 5) is 25.6. The van der Waals surface area contributed by atoms with Crippen LogP contribution in [0.25, 0.3) is 0 Å². The molecule has 154 valence electrons. The van der Waals surface area contributed by atoms with E-state index in [1.807, 2.05) is 19.1 Å². The molecule has 0 aliphatic carbocycles. The van der Waals surface area contributed by atoms with E-state index in [4.69, 9.17) is 4.74 Å². The number of rotatable bonds is 5. The molecule has 7 nitrogen and oxygen atoms in total. The number of aryl methyl sites for hydroxylation is 1. The van der Waals surface area contributed by atoms with Crippen LogP contribution >= 0.6 is 0 Å². The molecule has 0 bridgehead atoms. The van der Waals surface area contributed by atoms with Crippen LogP contribution in [0.1, 0.15) is 29.8 Å². The lowest BCUT2D eigenvalue weighted by Gasteiger charge is -2.33. The molecule has 1 aliphatic heterocycles. The van der Waals surface area contributed by atoms with E-state index in [-0.39, 0.29) is 29.5 Å². The fourth-order valence-corrected chi connectivity index (χ4v) is 4.60. The predicted octanol–water partition coefficient (Wildman–Crippen LogP) is 2.32. The second-order valence-corrected chi connectivity index (χ2v) is 8.76. The van der Waals surface area contributed by atoms with Crippen molar-refractivity contribution >= 4 is 21.9 Å². The molecule has 1 fully saturated rings.